The molecule has 0 N–H and O–H groups in total. The molecule has 0 unspecified atom stereocenters. The average molecular weight is 315 g/mol. The Kier molecular flexibility index (Phi) is 2.95. The van der Waals surface area contributed by atoms with Crippen molar-refractivity contribution >= 4 is 34.1 Å². The topological polar surface area (TPSA) is 30.7 Å². The molecule has 0 aliphatic carbocycles. The first kappa shape index (κ1) is 10.5. The molecule has 0 spiro atoms. The highest BCUT2D eigenvalue weighted by molar-refractivity contribution is 14.1. The van der Waals surface area contributed by atoms with Gasteiger partial charge < -0.3 is 9.14 Å². The van der Waals surface area contributed by atoms with E-state index in [0.29, 0.717) is 12.2 Å². The van der Waals surface area contributed by atoms with Crippen molar-refractivity contribution in [2.75, 3.05) is 6.61 Å². The summed E-state index contributed by atoms with van der Waals surface area (Å²) in [6, 6.07) is 5.84. The van der Waals surface area contributed by atoms with Gasteiger partial charge in [-0.05, 0) is 47.7 Å². The van der Waals surface area contributed by atoms with Gasteiger partial charge in [-0.3, -0.25) is 0 Å². The fourth-order valence-corrected chi connectivity index (χ4v) is 1.89. The van der Waals surface area contributed by atoms with Gasteiger partial charge in [0.05, 0.1) is 12.2 Å². The number of pyridine rings is 1. The number of hydrogen-bond donors (Lipinski definition) is 0. The number of rotatable bonds is 2. The Morgan fingerprint density at radius 2 is 2.33 bits per heavy atom. The van der Waals surface area contributed by atoms with Crippen LogP contribution in [0.15, 0.2) is 30.6 Å². The molecule has 0 atom stereocenters. The van der Waals surface area contributed by atoms with E-state index in [0.717, 1.165) is 9.09 Å². The second-order valence-electron chi connectivity index (χ2n) is 3.13. The van der Waals surface area contributed by atoms with Crippen LogP contribution in [-0.2, 0) is 4.74 Å². The van der Waals surface area contributed by atoms with Crippen LogP contribution in [-0.4, -0.2) is 17.0 Å². The third-order valence-corrected chi connectivity index (χ3v) is 2.74. The Balaban J connectivity index is 2.42. The van der Waals surface area contributed by atoms with E-state index in [1.165, 1.54) is 0 Å². The van der Waals surface area contributed by atoms with Crippen LogP contribution in [0.1, 0.15) is 17.3 Å². The highest BCUT2D eigenvalue weighted by Crippen LogP contribution is 2.14. The second kappa shape index (κ2) is 4.22. The van der Waals surface area contributed by atoms with Crippen LogP contribution >= 0.6 is 22.6 Å². The Bertz CT molecular complexity index is 504. The van der Waals surface area contributed by atoms with E-state index < -0.39 is 0 Å². The van der Waals surface area contributed by atoms with Gasteiger partial charge >= 0.3 is 5.97 Å². The van der Waals surface area contributed by atoms with Crippen LogP contribution in [0.3, 0.4) is 0 Å². The summed E-state index contributed by atoms with van der Waals surface area (Å²) in [7, 11) is 0. The molecule has 2 rings (SSSR count). The fraction of sp³-hybridized carbons (Fsp3) is 0.182. The largest absolute Gasteiger partial charge is 0.462 e. The summed E-state index contributed by atoms with van der Waals surface area (Å²) >= 11 is 2.24. The summed E-state index contributed by atoms with van der Waals surface area (Å²) < 4.78 is 7.99. The van der Waals surface area contributed by atoms with Gasteiger partial charge in [-0.1, -0.05) is 0 Å². The number of esters is 1. The lowest BCUT2D eigenvalue weighted by Crippen LogP contribution is -2.02. The molecule has 0 fully saturated rings. The van der Waals surface area contributed by atoms with E-state index in [1.54, 1.807) is 13.1 Å². The number of nitrogens with zero attached hydrogens (tertiary/aromatic N) is 1. The first-order valence-corrected chi connectivity index (χ1v) is 5.73. The average Bonchev–Trinajstić information content (AvgIpc) is 2.60. The monoisotopic (exact) mass is 315 g/mol. The predicted octanol–water partition coefficient (Wildman–Crippen LogP) is 2.72. The lowest BCUT2D eigenvalue weighted by atomic mass is 10.3. The number of aromatic nitrogens is 1. The summed E-state index contributed by atoms with van der Waals surface area (Å²) in [5.74, 6) is -0.267. The van der Waals surface area contributed by atoms with E-state index in [1.807, 2.05) is 28.8 Å². The minimum Gasteiger partial charge on any atom is -0.462 e. The molecule has 2 aromatic heterocycles. The Morgan fingerprint density at radius 1 is 1.53 bits per heavy atom. The van der Waals surface area contributed by atoms with Crippen molar-refractivity contribution in [1.29, 1.82) is 0 Å². The number of hydrogen-bond acceptors (Lipinski definition) is 2. The molecule has 0 saturated carbocycles. The van der Waals surface area contributed by atoms with Crippen LogP contribution in [0.25, 0.3) is 5.52 Å². The zero-order valence-corrected chi connectivity index (χ0v) is 10.4. The number of carbonyl (C=O) groups is 1. The van der Waals surface area contributed by atoms with Crippen molar-refractivity contribution in [3.63, 3.8) is 0 Å². The Labute approximate surface area is 101 Å². The zero-order chi connectivity index (χ0) is 10.8. The van der Waals surface area contributed by atoms with Crippen LogP contribution in [0.5, 0.6) is 0 Å². The van der Waals surface area contributed by atoms with Crippen LogP contribution in [0, 0.1) is 3.57 Å². The maximum absolute atomic E-state index is 11.5. The van der Waals surface area contributed by atoms with Gasteiger partial charge in [-0.25, -0.2) is 4.79 Å². The van der Waals surface area contributed by atoms with E-state index in [-0.39, 0.29) is 5.97 Å². The fourth-order valence-electron chi connectivity index (χ4n) is 1.41. The van der Waals surface area contributed by atoms with Gasteiger partial charge in [0, 0.05) is 21.5 Å². The van der Waals surface area contributed by atoms with Crippen LogP contribution in [0.2, 0.25) is 0 Å². The number of ether oxygens (including phenoxy) is 1. The minimum atomic E-state index is -0.267. The third-order valence-electron chi connectivity index (χ3n) is 2.07. The van der Waals surface area contributed by atoms with Crippen molar-refractivity contribution in [3.8, 4) is 0 Å². The highest BCUT2D eigenvalue weighted by atomic mass is 127. The van der Waals surface area contributed by atoms with Gasteiger partial charge in [-0.15, -0.1) is 0 Å². The molecule has 0 aromatic carbocycles. The van der Waals surface area contributed by atoms with Crippen LogP contribution in [0.4, 0.5) is 0 Å². The maximum Gasteiger partial charge on any atom is 0.339 e. The lowest BCUT2D eigenvalue weighted by Gasteiger charge is -1.96. The first-order valence-electron chi connectivity index (χ1n) is 4.65. The van der Waals surface area contributed by atoms with Gasteiger partial charge in [-0.2, -0.15) is 0 Å². The second-order valence-corrected chi connectivity index (χ2v) is 4.37. The van der Waals surface area contributed by atoms with Crippen molar-refractivity contribution in [1.82, 2.24) is 4.40 Å². The summed E-state index contributed by atoms with van der Waals surface area (Å²) in [6.45, 7) is 2.21. The third kappa shape index (κ3) is 2.14. The zero-order valence-electron chi connectivity index (χ0n) is 8.24. The first-order chi connectivity index (χ1) is 7.20. The van der Waals surface area contributed by atoms with Crippen LogP contribution < -0.4 is 0 Å². The Hall–Kier alpha value is -1.04. The van der Waals surface area contributed by atoms with E-state index in [4.69, 9.17) is 4.74 Å². The van der Waals surface area contributed by atoms with Gasteiger partial charge in [0.2, 0.25) is 0 Å². The molecule has 0 aliphatic heterocycles. The number of halogens is 1. The molecule has 2 aromatic rings. The smallest absolute Gasteiger partial charge is 0.339 e. The maximum atomic E-state index is 11.5. The standard InChI is InChI=1S/C11H10INO2/c1-2-15-11(14)8-5-10-6-9(12)3-4-13(10)7-8/h3-7H,2H2,1H3. The van der Waals surface area contributed by atoms with Crippen molar-refractivity contribution in [2.45, 2.75) is 6.92 Å². The van der Waals surface area contributed by atoms with Gasteiger partial charge in [0.25, 0.3) is 0 Å². The van der Waals surface area contributed by atoms with Gasteiger partial charge in [0.15, 0.2) is 0 Å². The molecule has 0 saturated heterocycles. The van der Waals surface area contributed by atoms with Crippen molar-refractivity contribution in [3.05, 3.63) is 39.7 Å². The quantitative estimate of drug-likeness (QED) is 0.630. The highest BCUT2D eigenvalue weighted by Gasteiger charge is 2.09. The van der Waals surface area contributed by atoms with E-state index in [9.17, 15) is 4.79 Å². The molecular formula is C11H10INO2. The molecule has 0 radical (unpaired) electrons. The number of carbonyl (C=O) groups excluding carboxylic acids is 1. The molecule has 3 nitrogen and oxygen atoms in total. The molecule has 2 heterocycles. The molecule has 0 bridgehead atoms. The van der Waals surface area contributed by atoms with E-state index in [2.05, 4.69) is 22.6 Å². The molecule has 0 aliphatic rings. The normalized spacial score (nSPS) is 10.5. The summed E-state index contributed by atoms with van der Waals surface area (Å²) in [5.41, 5.74) is 1.60. The molecule has 0 amide bonds. The minimum absolute atomic E-state index is 0.267. The SMILES string of the molecule is CCOC(=O)c1cc2cc(I)ccn2c1. The summed E-state index contributed by atoms with van der Waals surface area (Å²) in [4.78, 5) is 11.5. The van der Waals surface area contributed by atoms with Crippen molar-refractivity contribution < 1.29 is 9.53 Å². The molecule has 4 heteroatoms. The molecule has 78 valence electrons. The predicted molar refractivity (Wildman–Crippen MR) is 66.1 cm³/mol. The van der Waals surface area contributed by atoms with Gasteiger partial charge in [0.1, 0.15) is 0 Å². The Morgan fingerprint density at radius 3 is 3.07 bits per heavy atom. The summed E-state index contributed by atoms with van der Waals surface area (Å²) in [6.07, 6.45) is 3.71. The van der Waals surface area contributed by atoms with E-state index >= 15 is 0 Å². The molecular weight excluding hydrogens is 305 g/mol. The molecule has 15 heavy (non-hydrogen) atoms. The van der Waals surface area contributed by atoms with Crippen molar-refractivity contribution in [2.24, 2.45) is 0 Å². The summed E-state index contributed by atoms with van der Waals surface area (Å²) in [5, 5.41) is 0. The lowest BCUT2D eigenvalue weighted by molar-refractivity contribution is 0.0526. The number of fused-ring (bicyclic) bond motifs is 1.